The van der Waals surface area contributed by atoms with E-state index in [1.165, 1.54) is 12.1 Å². The zero-order valence-electron chi connectivity index (χ0n) is 9.28. The molecule has 0 aliphatic heterocycles. The molecule has 0 saturated heterocycles. The van der Waals surface area contributed by atoms with E-state index < -0.39 is 10.0 Å². The van der Waals surface area contributed by atoms with Gasteiger partial charge in [-0.1, -0.05) is 17.7 Å². The van der Waals surface area contributed by atoms with Crippen LogP contribution >= 0.6 is 27.5 Å². The fourth-order valence-electron chi connectivity index (χ4n) is 1.28. The van der Waals surface area contributed by atoms with E-state index in [0.29, 0.717) is 15.9 Å². The lowest BCUT2D eigenvalue weighted by atomic mass is 10.3. The molecule has 0 saturated carbocycles. The molecular formula is C11H13BrClNO2S. The minimum atomic E-state index is -3.51. The Morgan fingerprint density at radius 2 is 2.24 bits per heavy atom. The lowest BCUT2D eigenvalue weighted by molar-refractivity contribution is 0.562. The Bertz CT molecular complexity index is 516. The number of benzene rings is 1. The third kappa shape index (κ3) is 4.10. The summed E-state index contributed by atoms with van der Waals surface area (Å²) in [6.07, 6.45) is 2.25. The van der Waals surface area contributed by atoms with Crippen LogP contribution in [-0.4, -0.2) is 14.5 Å². The van der Waals surface area contributed by atoms with Gasteiger partial charge in [0.25, 0.3) is 0 Å². The van der Waals surface area contributed by atoms with Crippen molar-refractivity contribution in [2.75, 3.05) is 0 Å². The molecule has 94 valence electrons. The second-order valence-corrected chi connectivity index (χ2v) is 6.60. The maximum absolute atomic E-state index is 12.0. The van der Waals surface area contributed by atoms with Gasteiger partial charge in [-0.25, -0.2) is 13.1 Å². The molecule has 17 heavy (non-hydrogen) atoms. The zero-order chi connectivity index (χ0) is 13.1. The summed E-state index contributed by atoms with van der Waals surface area (Å²) >= 11 is 9.01. The summed E-state index contributed by atoms with van der Waals surface area (Å²) in [5.41, 5.74) is 0. The van der Waals surface area contributed by atoms with Crippen LogP contribution in [0.3, 0.4) is 0 Å². The van der Waals surface area contributed by atoms with Gasteiger partial charge in [-0.15, -0.1) is 6.58 Å². The van der Waals surface area contributed by atoms with Crippen LogP contribution in [0.2, 0.25) is 5.02 Å². The molecule has 1 aromatic carbocycles. The molecule has 0 amide bonds. The average Bonchev–Trinajstić information content (AvgIpc) is 2.21. The molecule has 0 radical (unpaired) electrons. The molecule has 0 spiro atoms. The highest BCUT2D eigenvalue weighted by molar-refractivity contribution is 9.10. The Labute approximate surface area is 115 Å². The van der Waals surface area contributed by atoms with Crippen LogP contribution in [-0.2, 0) is 10.0 Å². The zero-order valence-corrected chi connectivity index (χ0v) is 12.4. The molecule has 6 heteroatoms. The average molecular weight is 339 g/mol. The van der Waals surface area contributed by atoms with Gasteiger partial charge in [-0.2, -0.15) is 0 Å². The highest BCUT2D eigenvalue weighted by Gasteiger charge is 2.17. The van der Waals surface area contributed by atoms with Gasteiger partial charge < -0.3 is 0 Å². The quantitative estimate of drug-likeness (QED) is 0.837. The van der Waals surface area contributed by atoms with Crippen LogP contribution in [0.4, 0.5) is 0 Å². The molecule has 3 nitrogen and oxygen atoms in total. The molecular weight excluding hydrogens is 326 g/mol. The van der Waals surface area contributed by atoms with Gasteiger partial charge in [0, 0.05) is 10.5 Å². The van der Waals surface area contributed by atoms with E-state index in [4.69, 9.17) is 11.6 Å². The molecule has 0 aromatic heterocycles. The Morgan fingerprint density at radius 1 is 1.59 bits per heavy atom. The standard InChI is InChI=1S/C11H13BrClNO2S/c1-3-4-8(2)14-17(15,16)9-5-6-11(13)10(12)7-9/h3,5-8,14H,1,4H2,2H3. The summed E-state index contributed by atoms with van der Waals surface area (Å²) in [6, 6.07) is 4.30. The summed E-state index contributed by atoms with van der Waals surface area (Å²) in [4.78, 5) is 0.185. The first kappa shape index (κ1) is 14.7. The Morgan fingerprint density at radius 3 is 2.76 bits per heavy atom. The van der Waals surface area contributed by atoms with Crippen LogP contribution in [0.15, 0.2) is 40.2 Å². The van der Waals surface area contributed by atoms with Crippen molar-refractivity contribution < 1.29 is 8.42 Å². The van der Waals surface area contributed by atoms with Gasteiger partial charge in [-0.3, -0.25) is 0 Å². The molecule has 0 heterocycles. The third-order valence-corrected chi connectivity index (χ3v) is 4.88. The van der Waals surface area contributed by atoms with Crippen molar-refractivity contribution in [3.05, 3.63) is 40.3 Å². The molecule has 1 rings (SSSR count). The fourth-order valence-corrected chi connectivity index (χ4v) is 3.21. The van der Waals surface area contributed by atoms with Gasteiger partial charge >= 0.3 is 0 Å². The minimum Gasteiger partial charge on any atom is -0.208 e. The number of nitrogens with one attached hydrogen (secondary N) is 1. The van der Waals surface area contributed by atoms with E-state index in [0.717, 1.165) is 0 Å². The second kappa shape index (κ2) is 6.00. The van der Waals surface area contributed by atoms with Gasteiger partial charge in [0.15, 0.2) is 0 Å². The van der Waals surface area contributed by atoms with Crippen molar-refractivity contribution in [2.45, 2.75) is 24.3 Å². The lowest BCUT2D eigenvalue weighted by Gasteiger charge is -2.12. The van der Waals surface area contributed by atoms with Crippen LogP contribution in [0, 0.1) is 0 Å². The van der Waals surface area contributed by atoms with Crippen molar-refractivity contribution in [1.29, 1.82) is 0 Å². The maximum atomic E-state index is 12.0. The SMILES string of the molecule is C=CCC(C)NS(=O)(=O)c1ccc(Cl)c(Br)c1. The van der Waals surface area contributed by atoms with Gasteiger partial charge in [0.05, 0.1) is 9.92 Å². The molecule has 1 unspecified atom stereocenters. The molecule has 0 aliphatic carbocycles. The molecule has 1 atom stereocenters. The second-order valence-electron chi connectivity index (χ2n) is 3.62. The fraction of sp³-hybridized carbons (Fsp3) is 0.273. The number of sulfonamides is 1. The summed E-state index contributed by atoms with van der Waals surface area (Å²) in [7, 11) is -3.51. The first-order valence-electron chi connectivity index (χ1n) is 4.95. The molecule has 0 aliphatic rings. The van der Waals surface area contributed by atoms with Gasteiger partial charge in [-0.05, 0) is 47.5 Å². The molecule has 0 fully saturated rings. The van der Waals surface area contributed by atoms with E-state index in [2.05, 4.69) is 27.2 Å². The van der Waals surface area contributed by atoms with E-state index in [9.17, 15) is 8.42 Å². The Hall–Kier alpha value is -0.360. The predicted octanol–water partition coefficient (Wildman–Crippen LogP) is 3.35. The van der Waals surface area contributed by atoms with Gasteiger partial charge in [0.1, 0.15) is 0 Å². The summed E-state index contributed by atoms with van der Waals surface area (Å²) in [5.74, 6) is 0. The number of hydrogen-bond acceptors (Lipinski definition) is 2. The third-order valence-electron chi connectivity index (χ3n) is 2.08. The normalized spacial score (nSPS) is 13.4. The van der Waals surface area contributed by atoms with E-state index in [1.54, 1.807) is 19.1 Å². The first-order chi connectivity index (χ1) is 7.86. The van der Waals surface area contributed by atoms with E-state index >= 15 is 0 Å². The monoisotopic (exact) mass is 337 g/mol. The van der Waals surface area contributed by atoms with E-state index in [-0.39, 0.29) is 10.9 Å². The summed E-state index contributed by atoms with van der Waals surface area (Å²) in [5, 5.41) is 0.475. The van der Waals surface area contributed by atoms with Crippen molar-refractivity contribution in [1.82, 2.24) is 4.72 Å². The number of rotatable bonds is 5. The summed E-state index contributed by atoms with van der Waals surface area (Å²) in [6.45, 7) is 5.35. The lowest BCUT2D eigenvalue weighted by Crippen LogP contribution is -2.32. The van der Waals surface area contributed by atoms with Crippen molar-refractivity contribution in [2.24, 2.45) is 0 Å². The highest BCUT2D eigenvalue weighted by Crippen LogP contribution is 2.25. The topological polar surface area (TPSA) is 46.2 Å². The summed E-state index contributed by atoms with van der Waals surface area (Å²) < 4.78 is 27.1. The Balaban J connectivity index is 2.97. The number of halogens is 2. The van der Waals surface area contributed by atoms with Crippen molar-refractivity contribution in [3.8, 4) is 0 Å². The van der Waals surface area contributed by atoms with Crippen LogP contribution < -0.4 is 4.72 Å². The molecule has 1 aromatic rings. The van der Waals surface area contributed by atoms with Crippen molar-refractivity contribution >= 4 is 37.6 Å². The smallest absolute Gasteiger partial charge is 0.208 e. The van der Waals surface area contributed by atoms with Crippen molar-refractivity contribution in [3.63, 3.8) is 0 Å². The highest BCUT2D eigenvalue weighted by atomic mass is 79.9. The Kier molecular flexibility index (Phi) is 5.19. The maximum Gasteiger partial charge on any atom is 0.240 e. The minimum absolute atomic E-state index is 0.185. The van der Waals surface area contributed by atoms with Gasteiger partial charge in [0.2, 0.25) is 10.0 Å². The number of hydrogen-bond donors (Lipinski definition) is 1. The predicted molar refractivity (Wildman–Crippen MR) is 73.7 cm³/mol. The van der Waals surface area contributed by atoms with Crippen LogP contribution in [0.1, 0.15) is 13.3 Å². The first-order valence-corrected chi connectivity index (χ1v) is 7.60. The largest absolute Gasteiger partial charge is 0.240 e. The molecule has 0 bridgehead atoms. The van der Waals surface area contributed by atoms with Crippen LogP contribution in [0.25, 0.3) is 0 Å². The van der Waals surface area contributed by atoms with Crippen LogP contribution in [0.5, 0.6) is 0 Å². The molecule has 1 N–H and O–H groups in total. The van der Waals surface area contributed by atoms with E-state index in [1.807, 2.05) is 0 Å².